The van der Waals surface area contributed by atoms with E-state index < -0.39 is 35.7 Å². The molecule has 1 aliphatic rings. The van der Waals surface area contributed by atoms with E-state index in [4.69, 9.17) is 18.9 Å². The lowest BCUT2D eigenvalue weighted by atomic mass is 10.00. The maximum Gasteiger partial charge on any atom is 0.412 e. The van der Waals surface area contributed by atoms with Crippen LogP contribution < -0.4 is 0 Å². The highest BCUT2D eigenvalue weighted by molar-refractivity contribution is 5.72. The molecule has 1 saturated heterocycles. The summed E-state index contributed by atoms with van der Waals surface area (Å²) >= 11 is 0. The van der Waals surface area contributed by atoms with Gasteiger partial charge in [0, 0.05) is 6.42 Å². The first-order valence-electron chi connectivity index (χ1n) is 10.9. The fraction of sp³-hybridized carbons (Fsp3) is 0.864. The highest BCUT2D eigenvalue weighted by Crippen LogP contribution is 2.38. The van der Waals surface area contributed by atoms with Crippen molar-refractivity contribution in [3.8, 4) is 0 Å². The van der Waals surface area contributed by atoms with E-state index in [-0.39, 0.29) is 31.5 Å². The lowest BCUT2D eigenvalue weighted by Crippen LogP contribution is -2.51. The lowest BCUT2D eigenvalue weighted by molar-refractivity contribution is -0.147. The number of carbonyl (C=O) groups excluding carboxylic acids is 3. The maximum absolute atomic E-state index is 13.0. The smallest absolute Gasteiger partial charge is 0.412 e. The highest BCUT2D eigenvalue weighted by atomic mass is 16.6. The van der Waals surface area contributed by atoms with Crippen molar-refractivity contribution in [2.24, 2.45) is 0 Å². The molecule has 1 rings (SSSR count). The van der Waals surface area contributed by atoms with Crippen molar-refractivity contribution in [3.63, 3.8) is 0 Å². The number of rotatable bonds is 10. The van der Waals surface area contributed by atoms with Crippen molar-refractivity contribution in [1.82, 2.24) is 4.90 Å². The van der Waals surface area contributed by atoms with Crippen molar-refractivity contribution in [1.29, 1.82) is 0 Å². The minimum Gasteiger partial charge on any atom is -0.466 e. The summed E-state index contributed by atoms with van der Waals surface area (Å²) in [7, 11) is 0. The van der Waals surface area contributed by atoms with Crippen LogP contribution in [0.1, 0.15) is 81.1 Å². The third-order valence-electron chi connectivity index (χ3n) is 4.97. The molecule has 0 N–H and O–H groups in total. The zero-order valence-electron chi connectivity index (χ0n) is 19.7. The van der Waals surface area contributed by atoms with E-state index in [2.05, 4.69) is 0 Å². The number of esters is 1. The zero-order valence-corrected chi connectivity index (χ0v) is 19.7. The van der Waals surface area contributed by atoms with Crippen LogP contribution in [-0.4, -0.2) is 65.5 Å². The normalized spacial score (nSPS) is 22.1. The van der Waals surface area contributed by atoms with Crippen LogP contribution in [0.25, 0.3) is 0 Å². The molecule has 30 heavy (non-hydrogen) atoms. The Morgan fingerprint density at radius 3 is 2.23 bits per heavy atom. The fourth-order valence-electron chi connectivity index (χ4n) is 3.65. The topological polar surface area (TPSA) is 91.4 Å². The minimum absolute atomic E-state index is 0.0876. The maximum atomic E-state index is 13.0. The largest absolute Gasteiger partial charge is 0.466 e. The van der Waals surface area contributed by atoms with Crippen molar-refractivity contribution in [2.45, 2.75) is 117 Å². The number of nitrogens with zero attached hydrogens (tertiary/aromatic N) is 1. The Morgan fingerprint density at radius 1 is 1.17 bits per heavy atom. The molecular weight excluding hydrogens is 390 g/mol. The molecule has 8 heteroatoms. The molecule has 1 amide bonds. The average Bonchev–Trinajstić information content (AvgIpc) is 2.90. The summed E-state index contributed by atoms with van der Waals surface area (Å²) in [5, 5.41) is 0. The Bertz CT molecular complexity index is 581. The van der Waals surface area contributed by atoms with Gasteiger partial charge in [0.25, 0.3) is 0 Å². The van der Waals surface area contributed by atoms with Gasteiger partial charge in [-0.25, -0.2) is 4.79 Å². The van der Waals surface area contributed by atoms with Crippen LogP contribution in [0.2, 0.25) is 0 Å². The number of ether oxygens (including phenoxy) is 4. The van der Waals surface area contributed by atoms with Crippen molar-refractivity contribution in [2.75, 3.05) is 6.61 Å². The van der Waals surface area contributed by atoms with Crippen LogP contribution >= 0.6 is 0 Å². The van der Waals surface area contributed by atoms with Gasteiger partial charge >= 0.3 is 12.1 Å². The first-order valence-corrected chi connectivity index (χ1v) is 10.9. The summed E-state index contributed by atoms with van der Waals surface area (Å²) in [6.45, 7) is 14.8. The second kappa shape index (κ2) is 11.1. The molecule has 0 aliphatic carbocycles. The third-order valence-corrected chi connectivity index (χ3v) is 4.97. The molecule has 0 saturated carbocycles. The van der Waals surface area contributed by atoms with Gasteiger partial charge in [-0.05, 0) is 60.8 Å². The molecule has 174 valence electrons. The van der Waals surface area contributed by atoms with Gasteiger partial charge in [0.1, 0.15) is 23.5 Å². The van der Waals surface area contributed by atoms with E-state index >= 15 is 0 Å². The number of hydrogen-bond donors (Lipinski definition) is 0. The second-order valence-corrected chi connectivity index (χ2v) is 8.97. The monoisotopic (exact) mass is 429 g/mol. The molecule has 8 nitrogen and oxygen atoms in total. The highest BCUT2D eigenvalue weighted by Gasteiger charge is 2.54. The molecule has 1 aliphatic heterocycles. The second-order valence-electron chi connectivity index (χ2n) is 8.97. The Hall–Kier alpha value is -1.67. The molecule has 1 fully saturated rings. The van der Waals surface area contributed by atoms with Gasteiger partial charge < -0.3 is 23.7 Å². The molecule has 0 aromatic heterocycles. The first kappa shape index (κ1) is 26.4. The third kappa shape index (κ3) is 7.23. The van der Waals surface area contributed by atoms with Crippen LogP contribution in [0.15, 0.2) is 0 Å². The molecule has 0 aromatic rings. The summed E-state index contributed by atoms with van der Waals surface area (Å²) < 4.78 is 22.8. The number of aldehydes is 1. The van der Waals surface area contributed by atoms with E-state index in [0.717, 1.165) is 19.1 Å². The van der Waals surface area contributed by atoms with Gasteiger partial charge in [-0.2, -0.15) is 0 Å². The predicted octanol–water partition coefficient (Wildman–Crippen LogP) is 3.84. The number of hydrogen-bond acceptors (Lipinski definition) is 7. The van der Waals surface area contributed by atoms with Gasteiger partial charge in [0.05, 0.1) is 18.8 Å². The van der Waals surface area contributed by atoms with Crippen LogP contribution in [0, 0.1) is 0 Å². The SMILES string of the molecule is CCOC(=O)CC[C@H]1[C@H]([C@@H](C=O)OC(CC)CC)OC(C)(C)N1C(=O)OC(C)(C)C. The van der Waals surface area contributed by atoms with Crippen LogP contribution in [0.5, 0.6) is 0 Å². The van der Waals surface area contributed by atoms with Crippen LogP contribution in [0.4, 0.5) is 4.79 Å². The van der Waals surface area contributed by atoms with Gasteiger partial charge in [0.15, 0.2) is 6.29 Å². The molecule has 0 aromatic carbocycles. The Kier molecular flexibility index (Phi) is 9.75. The van der Waals surface area contributed by atoms with E-state index in [1.807, 2.05) is 13.8 Å². The number of amides is 1. The molecule has 0 bridgehead atoms. The van der Waals surface area contributed by atoms with Gasteiger partial charge in [-0.15, -0.1) is 0 Å². The Balaban J connectivity index is 3.21. The zero-order chi connectivity index (χ0) is 23.1. The van der Waals surface area contributed by atoms with E-state index in [9.17, 15) is 14.4 Å². The van der Waals surface area contributed by atoms with Crippen molar-refractivity contribution in [3.05, 3.63) is 0 Å². The van der Waals surface area contributed by atoms with Gasteiger partial charge in [-0.3, -0.25) is 9.69 Å². The predicted molar refractivity (Wildman–Crippen MR) is 112 cm³/mol. The van der Waals surface area contributed by atoms with E-state index in [1.54, 1.807) is 41.5 Å². The molecule has 3 atom stereocenters. The number of carbonyl (C=O) groups is 3. The standard InChI is InChI=1S/C22H39NO7/c1-9-15(10-2)28-17(14-24)19-16(12-13-18(25)27-11-3)23(22(7,8)29-19)20(26)30-21(4,5)6/h14-17,19H,9-13H2,1-8H3/t16-,17+,19+/m0/s1. The summed E-state index contributed by atoms with van der Waals surface area (Å²) in [5.41, 5.74) is -1.74. The summed E-state index contributed by atoms with van der Waals surface area (Å²) in [4.78, 5) is 38.4. The Labute approximate surface area is 180 Å². The van der Waals surface area contributed by atoms with E-state index in [1.165, 1.54) is 4.90 Å². The van der Waals surface area contributed by atoms with Gasteiger partial charge in [0.2, 0.25) is 0 Å². The van der Waals surface area contributed by atoms with E-state index in [0.29, 0.717) is 0 Å². The molecule has 0 unspecified atom stereocenters. The minimum atomic E-state index is -1.04. The molecule has 1 heterocycles. The summed E-state index contributed by atoms with van der Waals surface area (Å²) in [6.07, 6.45) is 0.320. The van der Waals surface area contributed by atoms with Crippen molar-refractivity contribution >= 4 is 18.3 Å². The summed E-state index contributed by atoms with van der Waals surface area (Å²) in [6, 6.07) is -0.580. The molecule has 0 spiro atoms. The Morgan fingerprint density at radius 2 is 1.77 bits per heavy atom. The van der Waals surface area contributed by atoms with Crippen LogP contribution in [-0.2, 0) is 28.5 Å². The quantitative estimate of drug-likeness (QED) is 0.385. The average molecular weight is 430 g/mol. The molecule has 0 radical (unpaired) electrons. The fourth-order valence-corrected chi connectivity index (χ4v) is 3.65. The lowest BCUT2D eigenvalue weighted by Gasteiger charge is -2.35. The molecular formula is C22H39NO7. The first-order chi connectivity index (χ1) is 13.9. The van der Waals surface area contributed by atoms with Gasteiger partial charge in [-0.1, -0.05) is 13.8 Å². The van der Waals surface area contributed by atoms with Crippen molar-refractivity contribution < 1.29 is 33.3 Å². The summed E-state index contributed by atoms with van der Waals surface area (Å²) in [5.74, 6) is -0.367. The van der Waals surface area contributed by atoms with Crippen LogP contribution in [0.3, 0.4) is 0 Å².